The van der Waals surface area contributed by atoms with Crippen LogP contribution in [0.25, 0.3) is 0 Å². The number of amides is 3. The van der Waals surface area contributed by atoms with Crippen LogP contribution in [0.3, 0.4) is 0 Å². The van der Waals surface area contributed by atoms with Gasteiger partial charge in [-0.05, 0) is 38.8 Å². The van der Waals surface area contributed by atoms with Crippen LogP contribution < -0.4 is 5.43 Å². The number of nitrogens with zero attached hydrogens (tertiary/aromatic N) is 2. The number of benzene rings is 1. The Bertz CT molecular complexity index is 696. The van der Waals surface area contributed by atoms with Crippen LogP contribution in [0.15, 0.2) is 41.5 Å². The summed E-state index contributed by atoms with van der Waals surface area (Å²) >= 11 is 0. The molecular weight excluding hydrogens is 294 g/mol. The number of rotatable bonds is 2. The summed E-state index contributed by atoms with van der Waals surface area (Å²) in [6, 6.07) is 8.72. The summed E-state index contributed by atoms with van der Waals surface area (Å²) in [7, 11) is 0. The van der Waals surface area contributed by atoms with E-state index in [1.165, 1.54) is 5.01 Å². The Balaban J connectivity index is 1.92. The monoisotopic (exact) mass is 313 g/mol. The van der Waals surface area contributed by atoms with Crippen molar-refractivity contribution < 1.29 is 14.4 Å². The van der Waals surface area contributed by atoms with E-state index in [0.717, 1.165) is 6.42 Å². The highest BCUT2D eigenvalue weighted by molar-refractivity contribution is 6.07. The third kappa shape index (κ3) is 2.60. The smallest absolute Gasteiger partial charge is 0.270 e. The zero-order valence-electron chi connectivity index (χ0n) is 13.2. The molecule has 1 unspecified atom stereocenters. The molecule has 3 amide bonds. The van der Waals surface area contributed by atoms with E-state index in [1.807, 2.05) is 6.07 Å². The molecule has 1 fully saturated rings. The maximum atomic E-state index is 12.7. The highest BCUT2D eigenvalue weighted by Gasteiger charge is 2.41. The van der Waals surface area contributed by atoms with Gasteiger partial charge in [-0.3, -0.25) is 19.8 Å². The Kier molecular flexibility index (Phi) is 3.90. The Morgan fingerprint density at radius 3 is 2.43 bits per heavy atom. The predicted molar refractivity (Wildman–Crippen MR) is 83.9 cm³/mol. The highest BCUT2D eigenvalue weighted by Crippen LogP contribution is 2.27. The molecule has 1 aromatic rings. The van der Waals surface area contributed by atoms with Gasteiger partial charge in [-0.2, -0.15) is 0 Å². The molecule has 1 aromatic carbocycles. The minimum absolute atomic E-state index is 0.130. The zero-order chi connectivity index (χ0) is 16.6. The lowest BCUT2D eigenvalue weighted by atomic mass is 10.1. The fourth-order valence-corrected chi connectivity index (χ4v) is 3.00. The maximum Gasteiger partial charge on any atom is 0.270 e. The molecule has 0 aliphatic carbocycles. The number of hydrogen-bond acceptors (Lipinski definition) is 3. The van der Waals surface area contributed by atoms with Crippen molar-refractivity contribution in [2.75, 3.05) is 6.54 Å². The van der Waals surface area contributed by atoms with E-state index in [1.54, 1.807) is 43.0 Å². The van der Waals surface area contributed by atoms with Gasteiger partial charge in [0.2, 0.25) is 0 Å². The summed E-state index contributed by atoms with van der Waals surface area (Å²) in [5.41, 5.74) is 3.97. The molecule has 6 heteroatoms. The molecule has 120 valence electrons. The number of hydrazine groups is 1. The molecule has 0 bridgehead atoms. The van der Waals surface area contributed by atoms with Crippen molar-refractivity contribution in [1.82, 2.24) is 15.3 Å². The minimum Gasteiger partial charge on any atom is -0.317 e. The normalized spacial score (nSPS) is 21.4. The summed E-state index contributed by atoms with van der Waals surface area (Å²) in [5, 5.41) is 1.31. The third-order valence-corrected chi connectivity index (χ3v) is 4.46. The molecule has 2 aliphatic rings. The lowest BCUT2D eigenvalue weighted by Crippen LogP contribution is -2.56. The van der Waals surface area contributed by atoms with E-state index in [0.29, 0.717) is 29.7 Å². The van der Waals surface area contributed by atoms with Gasteiger partial charge in [0, 0.05) is 23.3 Å². The van der Waals surface area contributed by atoms with Crippen LogP contribution in [-0.4, -0.2) is 40.3 Å². The Morgan fingerprint density at radius 1 is 1.09 bits per heavy atom. The molecule has 2 heterocycles. The topological polar surface area (TPSA) is 69.7 Å². The van der Waals surface area contributed by atoms with Gasteiger partial charge in [0.05, 0.1) is 0 Å². The van der Waals surface area contributed by atoms with Gasteiger partial charge in [-0.15, -0.1) is 0 Å². The number of fused-ring (bicyclic) bond motifs is 1. The summed E-state index contributed by atoms with van der Waals surface area (Å²) in [4.78, 5) is 39.2. The number of hydrogen-bond donors (Lipinski definition) is 1. The van der Waals surface area contributed by atoms with Crippen molar-refractivity contribution in [1.29, 1.82) is 0 Å². The van der Waals surface area contributed by atoms with Crippen molar-refractivity contribution in [3.8, 4) is 0 Å². The summed E-state index contributed by atoms with van der Waals surface area (Å²) in [6.45, 7) is 3.88. The van der Waals surface area contributed by atoms with Crippen LogP contribution in [0, 0.1) is 0 Å². The first-order valence-electron chi connectivity index (χ1n) is 7.68. The van der Waals surface area contributed by atoms with E-state index < -0.39 is 6.17 Å². The first-order valence-corrected chi connectivity index (χ1v) is 7.68. The number of nitrogens with one attached hydrogen (secondary N) is 1. The van der Waals surface area contributed by atoms with Crippen LogP contribution in [0.1, 0.15) is 37.0 Å². The number of carbonyl (C=O) groups is 3. The average molecular weight is 313 g/mol. The SMILES string of the molecule is CC1=C(C)C(=O)N(NC(=O)c2ccccc2)C2CCCN2C1=O. The quantitative estimate of drug-likeness (QED) is 0.898. The molecule has 0 radical (unpaired) electrons. The first-order chi connectivity index (χ1) is 11.0. The van der Waals surface area contributed by atoms with E-state index in [2.05, 4.69) is 5.43 Å². The zero-order valence-corrected chi connectivity index (χ0v) is 13.2. The molecule has 23 heavy (non-hydrogen) atoms. The highest BCUT2D eigenvalue weighted by atomic mass is 16.2. The Morgan fingerprint density at radius 2 is 1.74 bits per heavy atom. The van der Waals surface area contributed by atoms with Crippen LogP contribution in [-0.2, 0) is 9.59 Å². The molecule has 2 aliphatic heterocycles. The molecule has 0 aromatic heterocycles. The van der Waals surface area contributed by atoms with E-state index in [-0.39, 0.29) is 17.7 Å². The van der Waals surface area contributed by atoms with Gasteiger partial charge < -0.3 is 4.90 Å². The summed E-state index contributed by atoms with van der Waals surface area (Å²) < 4.78 is 0. The fraction of sp³-hybridized carbons (Fsp3) is 0.353. The van der Waals surface area contributed by atoms with Crippen molar-refractivity contribution in [2.45, 2.75) is 32.9 Å². The van der Waals surface area contributed by atoms with Crippen molar-refractivity contribution in [3.05, 3.63) is 47.0 Å². The van der Waals surface area contributed by atoms with Gasteiger partial charge in [-0.25, -0.2) is 5.01 Å². The molecule has 6 nitrogen and oxygen atoms in total. The van der Waals surface area contributed by atoms with Crippen LogP contribution in [0.5, 0.6) is 0 Å². The van der Waals surface area contributed by atoms with Gasteiger partial charge in [0.25, 0.3) is 17.7 Å². The molecule has 0 saturated carbocycles. The maximum absolute atomic E-state index is 12.7. The minimum atomic E-state index is -0.421. The first kappa shape index (κ1) is 15.3. The fourth-order valence-electron chi connectivity index (χ4n) is 3.00. The van der Waals surface area contributed by atoms with Crippen LogP contribution in [0.2, 0.25) is 0 Å². The van der Waals surface area contributed by atoms with Crippen molar-refractivity contribution in [2.24, 2.45) is 0 Å². The largest absolute Gasteiger partial charge is 0.317 e. The number of carbonyl (C=O) groups excluding carboxylic acids is 3. The molecule has 0 spiro atoms. The van der Waals surface area contributed by atoms with Gasteiger partial charge in [0.1, 0.15) is 6.17 Å². The molecule has 1 N–H and O–H groups in total. The second-order valence-corrected chi connectivity index (χ2v) is 5.85. The summed E-state index contributed by atoms with van der Waals surface area (Å²) in [6.07, 6.45) is 1.05. The van der Waals surface area contributed by atoms with Gasteiger partial charge >= 0.3 is 0 Å². The van der Waals surface area contributed by atoms with Crippen molar-refractivity contribution in [3.63, 3.8) is 0 Å². The van der Waals surface area contributed by atoms with Crippen LogP contribution >= 0.6 is 0 Å². The molecule has 1 saturated heterocycles. The Labute approximate surface area is 134 Å². The Hall–Kier alpha value is -2.63. The summed E-state index contributed by atoms with van der Waals surface area (Å²) in [5.74, 6) is -0.810. The standard InChI is InChI=1S/C17H19N3O3/c1-11-12(2)17(23)20(14-9-6-10-19(14)16(11)22)18-15(21)13-7-4-3-5-8-13/h3-5,7-8,14H,6,9-10H2,1-2H3,(H,18,21). The second kappa shape index (κ2) is 5.87. The van der Waals surface area contributed by atoms with E-state index in [4.69, 9.17) is 0 Å². The van der Waals surface area contributed by atoms with E-state index >= 15 is 0 Å². The lowest BCUT2D eigenvalue weighted by molar-refractivity contribution is -0.139. The van der Waals surface area contributed by atoms with E-state index in [9.17, 15) is 14.4 Å². The third-order valence-electron chi connectivity index (χ3n) is 4.46. The van der Waals surface area contributed by atoms with Crippen LogP contribution in [0.4, 0.5) is 0 Å². The van der Waals surface area contributed by atoms with Gasteiger partial charge in [0.15, 0.2) is 0 Å². The van der Waals surface area contributed by atoms with Gasteiger partial charge in [-0.1, -0.05) is 18.2 Å². The second-order valence-electron chi connectivity index (χ2n) is 5.85. The predicted octanol–water partition coefficient (Wildman–Crippen LogP) is 1.46. The lowest BCUT2D eigenvalue weighted by Gasteiger charge is -2.32. The molecule has 1 atom stereocenters. The van der Waals surface area contributed by atoms with Crippen molar-refractivity contribution >= 4 is 17.7 Å². The molecule has 3 rings (SSSR count). The average Bonchev–Trinajstić information content (AvgIpc) is 3.04. The molecular formula is C17H19N3O3.